The summed E-state index contributed by atoms with van der Waals surface area (Å²) in [7, 11) is 0. The van der Waals surface area contributed by atoms with Crippen molar-refractivity contribution in [1.29, 1.82) is 0 Å². The summed E-state index contributed by atoms with van der Waals surface area (Å²) in [6.45, 7) is 5.87. The number of nitrogens with one attached hydrogen (secondary N) is 1. The Hall–Kier alpha value is -0.380. The Balaban J connectivity index is 1.96. The van der Waals surface area contributed by atoms with Gasteiger partial charge in [-0.3, -0.25) is 4.90 Å². The van der Waals surface area contributed by atoms with Gasteiger partial charge in [0, 0.05) is 30.6 Å². The molecule has 1 fully saturated rings. The van der Waals surface area contributed by atoms with Crippen LogP contribution in [-0.2, 0) is 6.42 Å². The fraction of sp³-hybridized carbons (Fsp3) is 0.636. The molecule has 3 heterocycles. The van der Waals surface area contributed by atoms with E-state index in [-0.39, 0.29) is 0 Å². The Morgan fingerprint density at radius 1 is 1.50 bits per heavy atom. The molecule has 14 heavy (non-hydrogen) atoms. The highest BCUT2D eigenvalue weighted by Crippen LogP contribution is 2.35. The summed E-state index contributed by atoms with van der Waals surface area (Å²) in [6, 6.07) is 3.66. The maximum Gasteiger partial charge on any atom is 0.0572 e. The molecule has 1 saturated heterocycles. The number of hydrogen-bond acceptors (Lipinski definition) is 3. The first-order valence-electron chi connectivity index (χ1n) is 5.39. The van der Waals surface area contributed by atoms with E-state index in [1.807, 2.05) is 11.3 Å². The molecule has 1 N–H and O–H groups in total. The van der Waals surface area contributed by atoms with Gasteiger partial charge in [-0.15, -0.1) is 11.3 Å². The highest BCUT2D eigenvalue weighted by Gasteiger charge is 2.33. The average Bonchev–Trinajstić information content (AvgIpc) is 2.66. The predicted octanol–water partition coefficient (Wildman–Crippen LogP) is 1.64. The Bertz CT molecular complexity index is 334. The maximum atomic E-state index is 3.53. The smallest absolute Gasteiger partial charge is 0.0572 e. The molecule has 2 atom stereocenters. The van der Waals surface area contributed by atoms with Gasteiger partial charge in [0.05, 0.1) is 6.04 Å². The molecule has 1 aromatic heterocycles. The lowest BCUT2D eigenvalue weighted by Gasteiger charge is -2.43. The SMILES string of the molecule is CC1CNCC2c3sccc3CCN12. The van der Waals surface area contributed by atoms with E-state index >= 15 is 0 Å². The molecule has 3 rings (SSSR count). The minimum Gasteiger partial charge on any atom is -0.313 e. The summed E-state index contributed by atoms with van der Waals surface area (Å²) in [5, 5.41) is 5.77. The fourth-order valence-electron chi connectivity index (χ4n) is 2.69. The Kier molecular flexibility index (Phi) is 2.11. The monoisotopic (exact) mass is 208 g/mol. The normalized spacial score (nSPS) is 32.4. The van der Waals surface area contributed by atoms with Crippen LogP contribution in [0.25, 0.3) is 0 Å². The number of nitrogens with zero attached hydrogens (tertiary/aromatic N) is 1. The van der Waals surface area contributed by atoms with Gasteiger partial charge in [0.1, 0.15) is 0 Å². The van der Waals surface area contributed by atoms with Crippen molar-refractivity contribution in [3.63, 3.8) is 0 Å². The topological polar surface area (TPSA) is 15.3 Å². The second-order valence-corrected chi connectivity index (χ2v) is 5.27. The zero-order chi connectivity index (χ0) is 9.54. The van der Waals surface area contributed by atoms with Crippen LogP contribution in [0.3, 0.4) is 0 Å². The van der Waals surface area contributed by atoms with Crippen molar-refractivity contribution in [2.45, 2.75) is 25.4 Å². The quantitative estimate of drug-likeness (QED) is 0.697. The van der Waals surface area contributed by atoms with Gasteiger partial charge >= 0.3 is 0 Å². The molecule has 0 amide bonds. The first kappa shape index (κ1) is 8.89. The van der Waals surface area contributed by atoms with E-state index in [0.29, 0.717) is 12.1 Å². The number of rotatable bonds is 0. The zero-order valence-electron chi connectivity index (χ0n) is 8.49. The molecule has 2 aliphatic rings. The van der Waals surface area contributed by atoms with Crippen molar-refractivity contribution in [1.82, 2.24) is 10.2 Å². The lowest BCUT2D eigenvalue weighted by molar-refractivity contribution is 0.100. The lowest BCUT2D eigenvalue weighted by atomic mass is 9.97. The first-order chi connectivity index (χ1) is 6.86. The molecule has 0 radical (unpaired) electrons. The van der Waals surface area contributed by atoms with Gasteiger partial charge in [-0.2, -0.15) is 0 Å². The number of thiophene rings is 1. The molecule has 0 spiro atoms. The van der Waals surface area contributed by atoms with E-state index in [1.165, 1.54) is 13.0 Å². The van der Waals surface area contributed by atoms with E-state index in [2.05, 4.69) is 28.6 Å². The number of piperazine rings is 1. The average molecular weight is 208 g/mol. The van der Waals surface area contributed by atoms with Gasteiger partial charge in [0.2, 0.25) is 0 Å². The zero-order valence-corrected chi connectivity index (χ0v) is 9.31. The third kappa shape index (κ3) is 1.23. The van der Waals surface area contributed by atoms with E-state index in [9.17, 15) is 0 Å². The van der Waals surface area contributed by atoms with Crippen LogP contribution in [0, 0.1) is 0 Å². The lowest BCUT2D eigenvalue weighted by Crippen LogP contribution is -2.53. The molecule has 0 saturated carbocycles. The maximum absolute atomic E-state index is 3.53. The molecule has 0 bridgehead atoms. The molecule has 76 valence electrons. The second-order valence-electron chi connectivity index (χ2n) is 4.32. The largest absolute Gasteiger partial charge is 0.313 e. The van der Waals surface area contributed by atoms with Crippen LogP contribution in [0.4, 0.5) is 0 Å². The third-order valence-electron chi connectivity index (χ3n) is 3.47. The van der Waals surface area contributed by atoms with Crippen LogP contribution in [0.2, 0.25) is 0 Å². The van der Waals surface area contributed by atoms with Crippen LogP contribution in [0.1, 0.15) is 23.4 Å². The number of hydrogen-bond donors (Lipinski definition) is 1. The number of fused-ring (bicyclic) bond motifs is 3. The van der Waals surface area contributed by atoms with Crippen LogP contribution in [0.15, 0.2) is 11.4 Å². The molecule has 1 aromatic rings. The molecular formula is C11H16N2S. The van der Waals surface area contributed by atoms with Gasteiger partial charge in [-0.25, -0.2) is 0 Å². The van der Waals surface area contributed by atoms with E-state index < -0.39 is 0 Å². The van der Waals surface area contributed by atoms with Gasteiger partial charge in [-0.05, 0) is 30.4 Å². The summed E-state index contributed by atoms with van der Waals surface area (Å²) in [6.07, 6.45) is 1.25. The standard InChI is InChI=1S/C11H16N2S/c1-8-6-12-7-10-11-9(3-5-14-11)2-4-13(8)10/h3,5,8,10,12H,2,4,6-7H2,1H3. The summed E-state index contributed by atoms with van der Waals surface area (Å²) >= 11 is 1.93. The predicted molar refractivity (Wildman–Crippen MR) is 59.8 cm³/mol. The second kappa shape index (κ2) is 3.33. The Morgan fingerprint density at radius 2 is 2.43 bits per heavy atom. The van der Waals surface area contributed by atoms with Gasteiger partial charge in [-0.1, -0.05) is 0 Å². The van der Waals surface area contributed by atoms with Crippen LogP contribution >= 0.6 is 11.3 Å². The Morgan fingerprint density at radius 3 is 3.36 bits per heavy atom. The molecule has 0 aromatic carbocycles. The van der Waals surface area contributed by atoms with Crippen LogP contribution in [-0.4, -0.2) is 30.6 Å². The van der Waals surface area contributed by atoms with Crippen LogP contribution < -0.4 is 5.32 Å². The van der Waals surface area contributed by atoms with Crippen molar-refractivity contribution in [3.8, 4) is 0 Å². The molecule has 2 nitrogen and oxygen atoms in total. The van der Waals surface area contributed by atoms with Crippen molar-refractivity contribution in [3.05, 3.63) is 21.9 Å². The summed E-state index contributed by atoms with van der Waals surface area (Å²) < 4.78 is 0. The van der Waals surface area contributed by atoms with Crippen molar-refractivity contribution in [2.24, 2.45) is 0 Å². The Labute approximate surface area is 88.9 Å². The van der Waals surface area contributed by atoms with Crippen LogP contribution in [0.5, 0.6) is 0 Å². The van der Waals surface area contributed by atoms with E-state index in [4.69, 9.17) is 0 Å². The minimum absolute atomic E-state index is 0.655. The molecular weight excluding hydrogens is 192 g/mol. The highest BCUT2D eigenvalue weighted by atomic mass is 32.1. The van der Waals surface area contributed by atoms with E-state index in [1.54, 1.807) is 10.4 Å². The van der Waals surface area contributed by atoms with Gasteiger partial charge in [0.15, 0.2) is 0 Å². The molecule has 0 aliphatic carbocycles. The first-order valence-corrected chi connectivity index (χ1v) is 6.27. The van der Waals surface area contributed by atoms with Gasteiger partial charge in [0.25, 0.3) is 0 Å². The van der Waals surface area contributed by atoms with Crippen molar-refractivity contribution >= 4 is 11.3 Å². The molecule has 2 unspecified atom stereocenters. The molecule has 3 heteroatoms. The third-order valence-corrected chi connectivity index (χ3v) is 4.53. The highest BCUT2D eigenvalue weighted by molar-refractivity contribution is 7.10. The summed E-state index contributed by atoms with van der Waals surface area (Å²) in [5.74, 6) is 0. The minimum atomic E-state index is 0.655. The molecule has 2 aliphatic heterocycles. The fourth-order valence-corrected chi connectivity index (χ4v) is 3.76. The summed E-state index contributed by atoms with van der Waals surface area (Å²) in [4.78, 5) is 4.27. The van der Waals surface area contributed by atoms with Crippen molar-refractivity contribution < 1.29 is 0 Å². The summed E-state index contributed by atoms with van der Waals surface area (Å²) in [5.41, 5.74) is 1.59. The van der Waals surface area contributed by atoms with Crippen molar-refractivity contribution in [2.75, 3.05) is 19.6 Å². The van der Waals surface area contributed by atoms with E-state index in [0.717, 1.165) is 13.1 Å². The van der Waals surface area contributed by atoms with Gasteiger partial charge < -0.3 is 5.32 Å².